The van der Waals surface area contributed by atoms with E-state index in [0.717, 1.165) is 18.5 Å². The van der Waals surface area contributed by atoms with E-state index in [9.17, 15) is 4.79 Å². The van der Waals surface area contributed by atoms with Crippen LogP contribution < -0.4 is 5.32 Å². The molecule has 1 aliphatic rings. The smallest absolute Gasteiger partial charge is 0.331 e. The van der Waals surface area contributed by atoms with Gasteiger partial charge >= 0.3 is 5.97 Å². The summed E-state index contributed by atoms with van der Waals surface area (Å²) in [6.45, 7) is 0. The first kappa shape index (κ1) is 9.06. The molecule has 1 aliphatic carbocycles. The predicted molar refractivity (Wildman–Crippen MR) is 54.0 cm³/mol. The summed E-state index contributed by atoms with van der Waals surface area (Å²) in [6.07, 6.45) is 1.71. The van der Waals surface area contributed by atoms with Crippen LogP contribution in [-0.4, -0.2) is 18.6 Å². The van der Waals surface area contributed by atoms with Crippen molar-refractivity contribution in [2.45, 2.75) is 18.4 Å². The van der Waals surface area contributed by atoms with Crippen molar-refractivity contribution in [3.63, 3.8) is 0 Å². The van der Waals surface area contributed by atoms with Crippen LogP contribution in [0.2, 0.25) is 0 Å². The second kappa shape index (κ2) is 3.33. The molecule has 1 saturated carbocycles. The van der Waals surface area contributed by atoms with E-state index >= 15 is 0 Å². The number of hydrogen-bond acceptors (Lipinski definition) is 3. The standard InChI is InChI=1S/C11H13NO2/c1-14-10(13)11(7-8-11)12-9-5-3-2-4-6-9/h2-6,12H,7-8H2,1H3. The molecule has 2 rings (SSSR count). The number of anilines is 1. The normalized spacial score (nSPS) is 17.2. The summed E-state index contributed by atoms with van der Waals surface area (Å²) in [5.41, 5.74) is 0.520. The second-order valence-electron chi connectivity index (χ2n) is 3.56. The lowest BCUT2D eigenvalue weighted by atomic mass is 10.2. The first-order valence-electron chi connectivity index (χ1n) is 4.68. The highest BCUT2D eigenvalue weighted by molar-refractivity contribution is 5.87. The molecule has 0 aliphatic heterocycles. The Bertz CT molecular complexity index is 330. The van der Waals surface area contributed by atoms with Gasteiger partial charge in [-0.3, -0.25) is 0 Å². The molecule has 0 bridgehead atoms. The molecule has 0 saturated heterocycles. The maximum atomic E-state index is 11.4. The fourth-order valence-corrected chi connectivity index (χ4v) is 1.50. The third-order valence-electron chi connectivity index (χ3n) is 2.48. The SMILES string of the molecule is COC(=O)C1(Nc2ccccc2)CC1. The van der Waals surface area contributed by atoms with Crippen molar-refractivity contribution in [2.24, 2.45) is 0 Å². The first-order valence-corrected chi connectivity index (χ1v) is 4.68. The molecular formula is C11H13NO2. The highest BCUT2D eigenvalue weighted by Crippen LogP contribution is 2.39. The van der Waals surface area contributed by atoms with Gasteiger partial charge < -0.3 is 10.1 Å². The van der Waals surface area contributed by atoms with E-state index in [0.29, 0.717) is 0 Å². The third kappa shape index (κ3) is 1.58. The third-order valence-corrected chi connectivity index (χ3v) is 2.48. The lowest BCUT2D eigenvalue weighted by molar-refractivity contribution is -0.142. The van der Waals surface area contributed by atoms with E-state index < -0.39 is 5.54 Å². The molecule has 14 heavy (non-hydrogen) atoms. The Balaban J connectivity index is 2.08. The molecule has 1 fully saturated rings. The molecule has 0 heterocycles. The zero-order chi connectivity index (χ0) is 10.0. The van der Waals surface area contributed by atoms with Gasteiger partial charge in [-0.05, 0) is 25.0 Å². The maximum absolute atomic E-state index is 11.4. The van der Waals surface area contributed by atoms with Crippen LogP contribution in [0, 0.1) is 0 Å². The highest BCUT2D eigenvalue weighted by Gasteiger charge is 2.51. The number of methoxy groups -OCH3 is 1. The Morgan fingerprint density at radius 3 is 2.50 bits per heavy atom. The van der Waals surface area contributed by atoms with Gasteiger partial charge in [0.15, 0.2) is 0 Å². The fraction of sp³-hybridized carbons (Fsp3) is 0.364. The molecule has 1 aromatic rings. The average Bonchev–Trinajstić information content (AvgIpc) is 2.99. The molecule has 0 aromatic heterocycles. The van der Waals surface area contributed by atoms with Crippen LogP contribution in [0.5, 0.6) is 0 Å². The van der Waals surface area contributed by atoms with Crippen LogP contribution in [-0.2, 0) is 9.53 Å². The maximum Gasteiger partial charge on any atom is 0.331 e. The number of rotatable bonds is 3. The number of nitrogens with one attached hydrogen (secondary N) is 1. The average molecular weight is 191 g/mol. The second-order valence-corrected chi connectivity index (χ2v) is 3.56. The number of ether oxygens (including phenoxy) is 1. The lowest BCUT2D eigenvalue weighted by Gasteiger charge is -2.15. The Kier molecular flexibility index (Phi) is 2.15. The molecule has 0 unspecified atom stereocenters. The minimum atomic E-state index is -0.448. The van der Waals surface area contributed by atoms with Gasteiger partial charge in [-0.25, -0.2) is 4.79 Å². The quantitative estimate of drug-likeness (QED) is 0.740. The summed E-state index contributed by atoms with van der Waals surface area (Å²) in [5, 5.41) is 3.21. The molecule has 0 spiro atoms. The Labute approximate surface area is 83.1 Å². The van der Waals surface area contributed by atoms with Crippen LogP contribution in [0.25, 0.3) is 0 Å². The number of carbonyl (C=O) groups is 1. The number of esters is 1. The van der Waals surface area contributed by atoms with Gasteiger partial charge in [0.1, 0.15) is 5.54 Å². The fourth-order valence-electron chi connectivity index (χ4n) is 1.50. The van der Waals surface area contributed by atoms with Gasteiger partial charge in [0, 0.05) is 5.69 Å². The van der Waals surface area contributed by atoms with Crippen molar-refractivity contribution >= 4 is 11.7 Å². The molecule has 1 N–H and O–H groups in total. The van der Waals surface area contributed by atoms with Crippen LogP contribution in [0.15, 0.2) is 30.3 Å². The lowest BCUT2D eigenvalue weighted by Crippen LogP contribution is -2.32. The minimum absolute atomic E-state index is 0.165. The van der Waals surface area contributed by atoms with Crippen molar-refractivity contribution in [3.05, 3.63) is 30.3 Å². The summed E-state index contributed by atoms with van der Waals surface area (Å²) in [5.74, 6) is -0.165. The highest BCUT2D eigenvalue weighted by atomic mass is 16.5. The molecule has 0 radical (unpaired) electrons. The van der Waals surface area contributed by atoms with Crippen LogP contribution >= 0.6 is 0 Å². The molecular weight excluding hydrogens is 178 g/mol. The largest absolute Gasteiger partial charge is 0.467 e. The zero-order valence-electron chi connectivity index (χ0n) is 8.12. The molecule has 74 valence electrons. The van der Waals surface area contributed by atoms with Crippen molar-refractivity contribution in [1.82, 2.24) is 0 Å². The topological polar surface area (TPSA) is 38.3 Å². The van der Waals surface area contributed by atoms with Crippen molar-refractivity contribution in [2.75, 3.05) is 12.4 Å². The van der Waals surface area contributed by atoms with Crippen molar-refractivity contribution < 1.29 is 9.53 Å². The Hall–Kier alpha value is -1.51. The Morgan fingerprint density at radius 1 is 1.36 bits per heavy atom. The van der Waals surface area contributed by atoms with E-state index in [2.05, 4.69) is 5.32 Å². The summed E-state index contributed by atoms with van der Waals surface area (Å²) in [7, 11) is 1.43. The number of para-hydroxylation sites is 1. The van der Waals surface area contributed by atoms with Crippen LogP contribution in [0.3, 0.4) is 0 Å². The summed E-state index contributed by atoms with van der Waals surface area (Å²) in [4.78, 5) is 11.4. The number of carbonyl (C=O) groups excluding carboxylic acids is 1. The van der Waals surface area contributed by atoms with Gasteiger partial charge in [-0.2, -0.15) is 0 Å². The van der Waals surface area contributed by atoms with Crippen molar-refractivity contribution in [3.8, 4) is 0 Å². The molecule has 3 nitrogen and oxygen atoms in total. The number of benzene rings is 1. The zero-order valence-corrected chi connectivity index (χ0v) is 8.12. The summed E-state index contributed by atoms with van der Waals surface area (Å²) < 4.78 is 4.75. The van der Waals surface area contributed by atoms with Gasteiger partial charge in [0.2, 0.25) is 0 Å². The molecule has 0 atom stereocenters. The van der Waals surface area contributed by atoms with E-state index in [1.807, 2.05) is 30.3 Å². The molecule has 0 amide bonds. The minimum Gasteiger partial charge on any atom is -0.467 e. The van der Waals surface area contributed by atoms with Gasteiger partial charge in [-0.15, -0.1) is 0 Å². The summed E-state index contributed by atoms with van der Waals surface area (Å²) in [6, 6.07) is 9.72. The van der Waals surface area contributed by atoms with Crippen molar-refractivity contribution in [1.29, 1.82) is 0 Å². The van der Waals surface area contributed by atoms with E-state index in [1.165, 1.54) is 7.11 Å². The monoisotopic (exact) mass is 191 g/mol. The first-order chi connectivity index (χ1) is 6.77. The molecule has 1 aromatic carbocycles. The van der Waals surface area contributed by atoms with E-state index in [-0.39, 0.29) is 5.97 Å². The van der Waals surface area contributed by atoms with Gasteiger partial charge in [0.05, 0.1) is 7.11 Å². The summed E-state index contributed by atoms with van der Waals surface area (Å²) >= 11 is 0. The van der Waals surface area contributed by atoms with Gasteiger partial charge in [-0.1, -0.05) is 18.2 Å². The van der Waals surface area contributed by atoms with E-state index in [1.54, 1.807) is 0 Å². The van der Waals surface area contributed by atoms with Crippen LogP contribution in [0.1, 0.15) is 12.8 Å². The predicted octanol–water partition coefficient (Wildman–Crippen LogP) is 1.80. The van der Waals surface area contributed by atoms with Crippen LogP contribution in [0.4, 0.5) is 5.69 Å². The van der Waals surface area contributed by atoms with E-state index in [4.69, 9.17) is 4.74 Å². The molecule has 3 heteroatoms. The Morgan fingerprint density at radius 2 is 2.00 bits per heavy atom. The number of hydrogen-bond donors (Lipinski definition) is 1. The van der Waals surface area contributed by atoms with Gasteiger partial charge in [0.25, 0.3) is 0 Å².